The van der Waals surface area contributed by atoms with Gasteiger partial charge < -0.3 is 5.32 Å². The van der Waals surface area contributed by atoms with Crippen LogP contribution in [0.5, 0.6) is 0 Å². The maximum Gasteiger partial charge on any atom is 0.228 e. The van der Waals surface area contributed by atoms with Crippen molar-refractivity contribution in [2.75, 3.05) is 18.4 Å². The third kappa shape index (κ3) is 5.33. The summed E-state index contributed by atoms with van der Waals surface area (Å²) in [6.45, 7) is 2.46. The highest BCUT2D eigenvalue weighted by molar-refractivity contribution is 14.1. The predicted molar refractivity (Wildman–Crippen MR) is 112 cm³/mol. The van der Waals surface area contributed by atoms with Crippen molar-refractivity contribution in [1.29, 1.82) is 0 Å². The number of halogens is 3. The minimum atomic E-state index is -0.000830. The van der Waals surface area contributed by atoms with E-state index in [2.05, 4.69) is 32.8 Å². The Labute approximate surface area is 171 Å². The van der Waals surface area contributed by atoms with Gasteiger partial charge in [-0.25, -0.2) is 0 Å². The lowest BCUT2D eigenvalue weighted by Gasteiger charge is -2.32. The Hall–Kier alpha value is -0.820. The van der Waals surface area contributed by atoms with Crippen LogP contribution in [0.2, 0.25) is 10.0 Å². The standard InChI is InChI=1S/C19H19Cl2IN2O/c20-15-4-3-13(18(21)10-15)11-24-9-1-2-14(12-24)19(25)23-17-7-5-16(22)6-8-17/h3-8,10,14H,1-2,9,11-12H2,(H,23,25)/t14-/m1/s1. The number of likely N-dealkylation sites (tertiary alicyclic amines) is 1. The Bertz CT molecular complexity index is 752. The quantitative estimate of drug-likeness (QED) is 0.580. The van der Waals surface area contributed by atoms with Crippen LogP contribution in [0.15, 0.2) is 42.5 Å². The molecule has 2 aromatic rings. The first-order chi connectivity index (χ1) is 12.0. The van der Waals surface area contributed by atoms with Gasteiger partial charge in [0.25, 0.3) is 0 Å². The number of carbonyl (C=O) groups excluding carboxylic acids is 1. The molecule has 1 N–H and O–H groups in total. The fraction of sp³-hybridized carbons (Fsp3) is 0.316. The van der Waals surface area contributed by atoms with Gasteiger partial charge in [0.1, 0.15) is 0 Å². The molecule has 1 aliphatic heterocycles. The van der Waals surface area contributed by atoms with Crippen LogP contribution in [-0.4, -0.2) is 23.9 Å². The fourth-order valence-electron chi connectivity index (χ4n) is 3.08. The topological polar surface area (TPSA) is 32.3 Å². The average Bonchev–Trinajstić information content (AvgIpc) is 2.60. The third-order valence-corrected chi connectivity index (χ3v) is 5.70. The van der Waals surface area contributed by atoms with Crippen LogP contribution in [0, 0.1) is 9.49 Å². The van der Waals surface area contributed by atoms with Gasteiger partial charge in [0, 0.05) is 32.4 Å². The molecule has 0 bridgehead atoms. The zero-order chi connectivity index (χ0) is 17.8. The number of carbonyl (C=O) groups is 1. The number of amides is 1. The van der Waals surface area contributed by atoms with Crippen LogP contribution in [-0.2, 0) is 11.3 Å². The number of rotatable bonds is 4. The van der Waals surface area contributed by atoms with Gasteiger partial charge in [-0.1, -0.05) is 29.3 Å². The molecule has 0 spiro atoms. The summed E-state index contributed by atoms with van der Waals surface area (Å²) in [5.41, 5.74) is 1.90. The van der Waals surface area contributed by atoms with Crippen molar-refractivity contribution in [3.63, 3.8) is 0 Å². The molecule has 1 fully saturated rings. The van der Waals surface area contributed by atoms with Gasteiger partial charge in [0.05, 0.1) is 5.92 Å². The molecule has 0 radical (unpaired) electrons. The zero-order valence-electron chi connectivity index (χ0n) is 13.6. The smallest absolute Gasteiger partial charge is 0.228 e. The maximum absolute atomic E-state index is 12.6. The summed E-state index contributed by atoms with van der Waals surface area (Å²) in [5.74, 6) is 0.0900. The lowest BCUT2D eigenvalue weighted by atomic mass is 9.96. The van der Waals surface area contributed by atoms with Crippen LogP contribution in [0.4, 0.5) is 5.69 Å². The van der Waals surface area contributed by atoms with E-state index >= 15 is 0 Å². The maximum atomic E-state index is 12.6. The van der Waals surface area contributed by atoms with Crippen LogP contribution in [0.1, 0.15) is 18.4 Å². The molecular weight excluding hydrogens is 470 g/mol. The summed E-state index contributed by atoms with van der Waals surface area (Å²) in [5, 5.41) is 4.35. The van der Waals surface area contributed by atoms with E-state index in [0.29, 0.717) is 10.0 Å². The SMILES string of the molecule is O=C(Nc1ccc(I)cc1)[C@@H]1CCCN(Cc2ccc(Cl)cc2Cl)C1. The van der Waals surface area contributed by atoms with Crippen LogP contribution >= 0.6 is 45.8 Å². The molecule has 0 aromatic heterocycles. The molecule has 2 aromatic carbocycles. The van der Waals surface area contributed by atoms with E-state index in [0.717, 1.165) is 47.3 Å². The molecular formula is C19H19Cl2IN2O. The Balaban J connectivity index is 1.60. The van der Waals surface area contributed by atoms with E-state index in [-0.39, 0.29) is 11.8 Å². The van der Waals surface area contributed by atoms with Crippen molar-refractivity contribution in [2.24, 2.45) is 5.92 Å². The van der Waals surface area contributed by atoms with Crippen LogP contribution in [0.25, 0.3) is 0 Å². The van der Waals surface area contributed by atoms with Gasteiger partial charge in [0.15, 0.2) is 0 Å². The Morgan fingerprint density at radius 1 is 1.20 bits per heavy atom. The summed E-state index contributed by atoms with van der Waals surface area (Å²) in [7, 11) is 0. The number of piperidine rings is 1. The molecule has 1 amide bonds. The van der Waals surface area contributed by atoms with Gasteiger partial charge in [-0.15, -0.1) is 0 Å². The first-order valence-electron chi connectivity index (χ1n) is 8.24. The number of hydrogen-bond acceptors (Lipinski definition) is 2. The number of anilines is 1. The molecule has 25 heavy (non-hydrogen) atoms. The molecule has 132 valence electrons. The van der Waals surface area contributed by atoms with Crippen molar-refractivity contribution in [2.45, 2.75) is 19.4 Å². The van der Waals surface area contributed by atoms with E-state index < -0.39 is 0 Å². The van der Waals surface area contributed by atoms with Gasteiger partial charge in [-0.3, -0.25) is 9.69 Å². The number of hydrogen-bond donors (Lipinski definition) is 1. The third-order valence-electron chi connectivity index (χ3n) is 4.40. The second-order valence-electron chi connectivity index (χ2n) is 6.31. The fourth-order valence-corrected chi connectivity index (χ4v) is 3.91. The van der Waals surface area contributed by atoms with Gasteiger partial charge >= 0.3 is 0 Å². The first-order valence-corrected chi connectivity index (χ1v) is 10.1. The molecule has 0 aliphatic carbocycles. The van der Waals surface area contributed by atoms with Crippen molar-refractivity contribution in [1.82, 2.24) is 4.90 Å². The molecule has 3 nitrogen and oxygen atoms in total. The lowest BCUT2D eigenvalue weighted by molar-refractivity contribution is -0.121. The molecule has 0 saturated carbocycles. The molecule has 3 rings (SSSR count). The zero-order valence-corrected chi connectivity index (χ0v) is 17.3. The Morgan fingerprint density at radius 3 is 2.68 bits per heavy atom. The van der Waals surface area contributed by atoms with Crippen LogP contribution in [0.3, 0.4) is 0 Å². The van der Waals surface area contributed by atoms with Gasteiger partial charge in [0.2, 0.25) is 5.91 Å². The van der Waals surface area contributed by atoms with Crippen molar-refractivity contribution >= 4 is 57.4 Å². The van der Waals surface area contributed by atoms with E-state index in [9.17, 15) is 4.79 Å². The van der Waals surface area contributed by atoms with E-state index in [4.69, 9.17) is 23.2 Å². The van der Waals surface area contributed by atoms with E-state index in [1.165, 1.54) is 0 Å². The number of benzene rings is 2. The van der Waals surface area contributed by atoms with Gasteiger partial charge in [-0.05, 0) is 83.9 Å². The van der Waals surface area contributed by atoms with Crippen molar-refractivity contribution < 1.29 is 4.79 Å². The minimum Gasteiger partial charge on any atom is -0.326 e. The Kier molecular flexibility index (Phi) is 6.61. The van der Waals surface area contributed by atoms with Crippen molar-refractivity contribution in [3.8, 4) is 0 Å². The highest BCUT2D eigenvalue weighted by Gasteiger charge is 2.26. The molecule has 6 heteroatoms. The largest absolute Gasteiger partial charge is 0.326 e. The van der Waals surface area contributed by atoms with Crippen molar-refractivity contribution in [3.05, 3.63) is 61.6 Å². The molecule has 0 unspecified atom stereocenters. The second kappa shape index (κ2) is 8.71. The molecule has 1 aliphatic rings. The van der Waals surface area contributed by atoms with E-state index in [1.54, 1.807) is 6.07 Å². The molecule has 1 heterocycles. The second-order valence-corrected chi connectivity index (χ2v) is 8.40. The Morgan fingerprint density at radius 2 is 1.96 bits per heavy atom. The normalized spacial score (nSPS) is 18.1. The first kappa shape index (κ1) is 19.0. The monoisotopic (exact) mass is 488 g/mol. The summed E-state index contributed by atoms with van der Waals surface area (Å²) in [4.78, 5) is 14.9. The van der Waals surface area contributed by atoms with Gasteiger partial charge in [-0.2, -0.15) is 0 Å². The minimum absolute atomic E-state index is 0.000830. The van der Waals surface area contributed by atoms with E-state index in [1.807, 2.05) is 36.4 Å². The summed E-state index contributed by atoms with van der Waals surface area (Å²) >= 11 is 14.5. The predicted octanol–water partition coefficient (Wildman–Crippen LogP) is 5.45. The highest BCUT2D eigenvalue weighted by Crippen LogP contribution is 2.25. The average molecular weight is 489 g/mol. The summed E-state index contributed by atoms with van der Waals surface area (Å²) < 4.78 is 1.15. The number of nitrogens with one attached hydrogen (secondary N) is 1. The highest BCUT2D eigenvalue weighted by atomic mass is 127. The van der Waals surface area contributed by atoms with Crippen LogP contribution < -0.4 is 5.32 Å². The molecule has 1 atom stereocenters. The number of nitrogens with zero attached hydrogens (tertiary/aromatic N) is 1. The summed E-state index contributed by atoms with van der Waals surface area (Å²) in [6.07, 6.45) is 1.93. The molecule has 1 saturated heterocycles. The summed E-state index contributed by atoms with van der Waals surface area (Å²) in [6, 6.07) is 13.4. The lowest BCUT2D eigenvalue weighted by Crippen LogP contribution is -2.40.